The van der Waals surface area contributed by atoms with E-state index in [2.05, 4.69) is 31.2 Å². The van der Waals surface area contributed by atoms with Gasteiger partial charge in [0.25, 0.3) is 5.88 Å². The van der Waals surface area contributed by atoms with E-state index in [-0.39, 0.29) is 17.4 Å². The number of methoxy groups -OCH3 is 1. The molecule has 1 N–H and O–H groups in total. The van der Waals surface area contributed by atoms with Crippen molar-refractivity contribution in [2.45, 2.75) is 6.54 Å². The normalized spacial score (nSPS) is 10.2. The quantitative estimate of drug-likeness (QED) is 0.662. The van der Waals surface area contributed by atoms with Crippen LogP contribution in [0.3, 0.4) is 0 Å². The molecule has 0 aliphatic rings. The number of nitrogens with one attached hydrogen (secondary N) is 1. The third-order valence-electron chi connectivity index (χ3n) is 2.22. The minimum absolute atomic E-state index is 0.0603. The monoisotopic (exact) mass is 344 g/mol. The summed E-state index contributed by atoms with van der Waals surface area (Å²) < 4.78 is 5.84. The molecule has 0 radical (unpaired) electrons. The molecule has 7 nitrogen and oxygen atoms in total. The SMILES string of the molecule is COc1ncnc(NCc2cc(Br)cs2)c1[N+](=O)[O-]. The van der Waals surface area contributed by atoms with Crippen LogP contribution in [0.5, 0.6) is 5.88 Å². The van der Waals surface area contributed by atoms with Crippen LogP contribution in [0.4, 0.5) is 11.5 Å². The molecular weight excluding hydrogens is 336 g/mol. The van der Waals surface area contributed by atoms with Gasteiger partial charge in [0.15, 0.2) is 0 Å². The molecule has 0 saturated heterocycles. The van der Waals surface area contributed by atoms with E-state index < -0.39 is 4.92 Å². The Bertz CT molecular complexity index is 604. The summed E-state index contributed by atoms with van der Waals surface area (Å²) in [6.07, 6.45) is 1.22. The van der Waals surface area contributed by atoms with E-state index >= 15 is 0 Å². The molecule has 0 bridgehead atoms. The summed E-state index contributed by atoms with van der Waals surface area (Å²) in [5.74, 6) is 0.0798. The van der Waals surface area contributed by atoms with E-state index in [9.17, 15) is 10.1 Å². The lowest BCUT2D eigenvalue weighted by molar-refractivity contribution is -0.385. The number of nitro groups is 1. The molecule has 2 aromatic heterocycles. The Kier molecular flexibility index (Phi) is 4.27. The van der Waals surface area contributed by atoms with Crippen molar-refractivity contribution in [1.82, 2.24) is 9.97 Å². The predicted molar refractivity (Wildman–Crippen MR) is 74.6 cm³/mol. The number of rotatable bonds is 5. The van der Waals surface area contributed by atoms with Crippen molar-refractivity contribution in [3.63, 3.8) is 0 Å². The van der Waals surface area contributed by atoms with E-state index in [1.165, 1.54) is 24.8 Å². The van der Waals surface area contributed by atoms with Crippen molar-refractivity contribution in [3.8, 4) is 5.88 Å². The van der Waals surface area contributed by atoms with Crippen LogP contribution in [-0.2, 0) is 6.54 Å². The first-order valence-corrected chi connectivity index (χ1v) is 6.79. The molecule has 0 spiro atoms. The van der Waals surface area contributed by atoms with Crippen LogP contribution in [0.1, 0.15) is 4.88 Å². The maximum Gasteiger partial charge on any atom is 0.372 e. The number of thiophene rings is 1. The Morgan fingerprint density at radius 3 is 2.95 bits per heavy atom. The molecule has 0 saturated carbocycles. The fourth-order valence-electron chi connectivity index (χ4n) is 1.42. The average molecular weight is 345 g/mol. The molecule has 0 atom stereocenters. The van der Waals surface area contributed by atoms with Crippen molar-refractivity contribution in [1.29, 1.82) is 0 Å². The molecule has 0 fully saturated rings. The summed E-state index contributed by atoms with van der Waals surface area (Å²) >= 11 is 4.89. The molecular formula is C10H9BrN4O3S. The first-order chi connectivity index (χ1) is 9.11. The van der Waals surface area contributed by atoms with Crippen molar-refractivity contribution in [3.05, 3.63) is 37.2 Å². The molecule has 19 heavy (non-hydrogen) atoms. The first-order valence-electron chi connectivity index (χ1n) is 5.12. The van der Waals surface area contributed by atoms with Crippen LogP contribution in [0.2, 0.25) is 0 Å². The molecule has 0 unspecified atom stereocenters. The zero-order valence-electron chi connectivity index (χ0n) is 9.79. The van der Waals surface area contributed by atoms with Gasteiger partial charge in [-0.3, -0.25) is 10.1 Å². The molecule has 100 valence electrons. The number of nitrogens with zero attached hydrogens (tertiary/aromatic N) is 3. The van der Waals surface area contributed by atoms with Gasteiger partial charge < -0.3 is 10.1 Å². The third-order valence-corrected chi connectivity index (χ3v) is 3.91. The van der Waals surface area contributed by atoms with Crippen LogP contribution < -0.4 is 10.1 Å². The Hall–Kier alpha value is -1.74. The summed E-state index contributed by atoms with van der Waals surface area (Å²) in [4.78, 5) is 19.1. The Morgan fingerprint density at radius 1 is 1.58 bits per heavy atom. The number of aromatic nitrogens is 2. The number of hydrogen-bond acceptors (Lipinski definition) is 7. The largest absolute Gasteiger partial charge is 0.476 e. The fourth-order valence-corrected chi connectivity index (χ4v) is 2.81. The summed E-state index contributed by atoms with van der Waals surface area (Å²) in [5, 5.41) is 15.9. The lowest BCUT2D eigenvalue weighted by atomic mass is 10.4. The fraction of sp³-hybridized carbons (Fsp3) is 0.200. The van der Waals surface area contributed by atoms with Crippen molar-refractivity contribution < 1.29 is 9.66 Å². The Labute approximate surface area is 120 Å². The Morgan fingerprint density at radius 2 is 2.37 bits per heavy atom. The molecule has 0 aliphatic carbocycles. The van der Waals surface area contributed by atoms with Crippen LogP contribution in [0, 0.1) is 10.1 Å². The van der Waals surface area contributed by atoms with E-state index in [0.717, 1.165) is 9.35 Å². The molecule has 2 heterocycles. The predicted octanol–water partition coefficient (Wildman–Crippen LogP) is 2.83. The molecule has 2 aromatic rings. The average Bonchev–Trinajstić information content (AvgIpc) is 2.81. The number of halogens is 1. The Balaban J connectivity index is 2.22. The van der Waals surface area contributed by atoms with Crippen LogP contribution in [0.25, 0.3) is 0 Å². The van der Waals surface area contributed by atoms with Crippen molar-refractivity contribution in [2.75, 3.05) is 12.4 Å². The zero-order chi connectivity index (χ0) is 13.8. The van der Waals surface area contributed by atoms with E-state index in [0.29, 0.717) is 6.54 Å². The minimum atomic E-state index is -0.564. The highest BCUT2D eigenvalue weighted by Crippen LogP contribution is 2.31. The molecule has 0 aromatic carbocycles. The van der Waals surface area contributed by atoms with Crippen molar-refractivity contribution in [2.24, 2.45) is 0 Å². The van der Waals surface area contributed by atoms with Crippen LogP contribution in [0.15, 0.2) is 22.2 Å². The van der Waals surface area contributed by atoms with Gasteiger partial charge in [-0.05, 0) is 22.0 Å². The highest BCUT2D eigenvalue weighted by molar-refractivity contribution is 9.10. The lowest BCUT2D eigenvalue weighted by Gasteiger charge is -2.06. The summed E-state index contributed by atoms with van der Waals surface area (Å²) in [6.45, 7) is 0.442. The number of anilines is 1. The van der Waals surface area contributed by atoms with Gasteiger partial charge in [0.1, 0.15) is 6.33 Å². The lowest BCUT2D eigenvalue weighted by Crippen LogP contribution is -2.06. The first kappa shape index (κ1) is 13.7. The number of hydrogen-bond donors (Lipinski definition) is 1. The summed E-state index contributed by atoms with van der Waals surface area (Å²) in [6, 6.07) is 1.93. The highest BCUT2D eigenvalue weighted by Gasteiger charge is 2.23. The van der Waals surface area contributed by atoms with Gasteiger partial charge in [0.05, 0.1) is 18.6 Å². The molecule has 0 amide bonds. The second kappa shape index (κ2) is 5.93. The molecule has 9 heteroatoms. The highest BCUT2D eigenvalue weighted by atomic mass is 79.9. The maximum atomic E-state index is 11.0. The van der Waals surface area contributed by atoms with Gasteiger partial charge in [-0.25, -0.2) is 4.98 Å². The maximum absolute atomic E-state index is 11.0. The standard InChI is InChI=1S/C10H9BrN4O3S/c1-18-10-8(15(16)17)9(13-5-14-10)12-3-7-2-6(11)4-19-7/h2,4-5H,3H2,1H3,(H,12,13,14). The molecule has 2 rings (SSSR count). The van der Waals surface area contributed by atoms with E-state index in [1.54, 1.807) is 0 Å². The van der Waals surface area contributed by atoms with Gasteiger partial charge in [0, 0.05) is 14.7 Å². The smallest absolute Gasteiger partial charge is 0.372 e. The van der Waals surface area contributed by atoms with Crippen LogP contribution >= 0.6 is 27.3 Å². The third kappa shape index (κ3) is 3.18. The second-order valence-corrected chi connectivity index (χ2v) is 5.33. The second-order valence-electron chi connectivity index (χ2n) is 3.42. The van der Waals surface area contributed by atoms with E-state index in [1.807, 2.05) is 11.4 Å². The summed E-state index contributed by atoms with van der Waals surface area (Å²) in [5.41, 5.74) is -0.263. The van der Waals surface area contributed by atoms with Crippen LogP contribution in [-0.4, -0.2) is 22.0 Å². The van der Waals surface area contributed by atoms with Gasteiger partial charge in [-0.1, -0.05) is 0 Å². The van der Waals surface area contributed by atoms with Gasteiger partial charge in [-0.2, -0.15) is 4.98 Å². The van der Waals surface area contributed by atoms with E-state index in [4.69, 9.17) is 4.74 Å². The summed E-state index contributed by atoms with van der Waals surface area (Å²) in [7, 11) is 1.33. The van der Waals surface area contributed by atoms with Gasteiger partial charge in [-0.15, -0.1) is 11.3 Å². The topological polar surface area (TPSA) is 90.2 Å². The molecule has 0 aliphatic heterocycles. The van der Waals surface area contributed by atoms with Gasteiger partial charge in [0.2, 0.25) is 5.82 Å². The zero-order valence-corrected chi connectivity index (χ0v) is 12.2. The van der Waals surface area contributed by atoms with Crippen molar-refractivity contribution >= 4 is 38.8 Å². The number of ether oxygens (including phenoxy) is 1. The van der Waals surface area contributed by atoms with Gasteiger partial charge >= 0.3 is 5.69 Å². The minimum Gasteiger partial charge on any atom is -0.476 e.